The number of rotatable bonds is 7. The first kappa shape index (κ1) is 16.2. The van der Waals surface area contributed by atoms with E-state index in [1.165, 1.54) is 18.2 Å². The molecule has 1 aromatic carbocycles. The highest BCUT2D eigenvalue weighted by Crippen LogP contribution is 2.23. The Bertz CT molecular complexity index is 522. The zero-order valence-corrected chi connectivity index (χ0v) is 12.5. The van der Waals surface area contributed by atoms with E-state index in [2.05, 4.69) is 10.0 Å². The van der Waals surface area contributed by atoms with Crippen LogP contribution in [0.5, 0.6) is 0 Å². The van der Waals surface area contributed by atoms with Crippen molar-refractivity contribution in [1.82, 2.24) is 5.32 Å². The zero-order chi connectivity index (χ0) is 14.5. The molecule has 1 rings (SSSR count). The first-order valence-corrected chi connectivity index (χ1v) is 7.97. The van der Waals surface area contributed by atoms with Crippen LogP contribution in [0.25, 0.3) is 0 Å². The predicted octanol–water partition coefficient (Wildman–Crippen LogP) is 2.61. The summed E-state index contributed by atoms with van der Waals surface area (Å²) < 4.78 is 39.8. The Morgan fingerprint density at radius 2 is 2.11 bits per heavy atom. The molecule has 1 atom stereocenters. The summed E-state index contributed by atoms with van der Waals surface area (Å²) in [5, 5.41) is 2.23. The first-order chi connectivity index (χ1) is 8.88. The van der Waals surface area contributed by atoms with Crippen LogP contribution in [0.3, 0.4) is 0 Å². The molecule has 0 aliphatic rings. The van der Waals surface area contributed by atoms with Gasteiger partial charge in [0.2, 0.25) is 10.0 Å². The summed E-state index contributed by atoms with van der Waals surface area (Å²) in [6.45, 7) is 4.61. The number of hydrogen-bond donors (Lipinski definition) is 2. The fourth-order valence-corrected chi connectivity index (χ4v) is 2.61. The van der Waals surface area contributed by atoms with Gasteiger partial charge >= 0.3 is 0 Å². The van der Waals surface area contributed by atoms with Crippen LogP contribution in [-0.4, -0.2) is 26.8 Å². The van der Waals surface area contributed by atoms with Gasteiger partial charge in [-0.2, -0.15) is 0 Å². The van der Waals surface area contributed by atoms with E-state index < -0.39 is 21.1 Å². The highest BCUT2D eigenvalue weighted by atomic mass is 35.5. The minimum absolute atomic E-state index is 0.114. The van der Waals surface area contributed by atoms with E-state index in [9.17, 15) is 12.8 Å². The van der Waals surface area contributed by atoms with Crippen LogP contribution < -0.4 is 10.0 Å². The van der Waals surface area contributed by atoms with Crippen molar-refractivity contribution in [2.24, 2.45) is 0 Å². The van der Waals surface area contributed by atoms with E-state index >= 15 is 0 Å². The van der Waals surface area contributed by atoms with Gasteiger partial charge in [-0.05, 0) is 32.0 Å². The number of hydrogen-bond acceptors (Lipinski definition) is 3. The van der Waals surface area contributed by atoms with Crippen LogP contribution in [0.4, 0.5) is 10.1 Å². The number of halogens is 2. The normalized spacial score (nSPS) is 13.3. The lowest BCUT2D eigenvalue weighted by molar-refractivity contribution is 0.574. The summed E-state index contributed by atoms with van der Waals surface area (Å²) in [5.41, 5.74) is -0.130. The fraction of sp³-hybridized carbons (Fsp3) is 0.500. The van der Waals surface area contributed by atoms with Crippen molar-refractivity contribution in [3.63, 3.8) is 0 Å². The molecule has 4 nitrogen and oxygen atoms in total. The molecule has 1 aromatic rings. The van der Waals surface area contributed by atoms with Crippen LogP contribution in [0, 0.1) is 5.82 Å². The molecular formula is C12H18ClFN2O2S. The second kappa shape index (κ2) is 7.07. The Hall–Kier alpha value is -0.850. The van der Waals surface area contributed by atoms with Crippen LogP contribution in [0.15, 0.2) is 18.2 Å². The fourth-order valence-electron chi connectivity index (χ4n) is 1.43. The molecule has 0 radical (unpaired) electrons. The van der Waals surface area contributed by atoms with Crippen LogP contribution >= 0.6 is 11.6 Å². The van der Waals surface area contributed by atoms with E-state index in [1.54, 1.807) is 6.92 Å². The van der Waals surface area contributed by atoms with Crippen molar-refractivity contribution < 1.29 is 12.8 Å². The number of nitrogens with one attached hydrogen (secondary N) is 2. The average molecular weight is 309 g/mol. The van der Waals surface area contributed by atoms with Crippen molar-refractivity contribution in [2.75, 3.05) is 17.8 Å². The molecule has 0 saturated carbocycles. The Kier molecular flexibility index (Phi) is 6.03. The molecule has 0 fully saturated rings. The van der Waals surface area contributed by atoms with Gasteiger partial charge in [-0.15, -0.1) is 0 Å². The van der Waals surface area contributed by atoms with E-state index in [-0.39, 0.29) is 10.7 Å². The number of sulfonamides is 1. The molecule has 19 heavy (non-hydrogen) atoms. The molecule has 108 valence electrons. The third-order valence-corrected chi connectivity index (χ3v) is 4.61. The SMILES string of the molecule is CCCNCC(C)S(=O)(=O)Nc1cccc(Cl)c1F. The van der Waals surface area contributed by atoms with Crippen LogP contribution in [-0.2, 0) is 10.0 Å². The quantitative estimate of drug-likeness (QED) is 0.761. The summed E-state index contributed by atoms with van der Waals surface area (Å²) in [6, 6.07) is 4.19. The van der Waals surface area contributed by atoms with E-state index in [1.807, 2.05) is 6.92 Å². The third-order valence-electron chi connectivity index (χ3n) is 2.59. The molecule has 0 bridgehead atoms. The lowest BCUT2D eigenvalue weighted by Gasteiger charge is -2.16. The molecule has 7 heteroatoms. The van der Waals surface area contributed by atoms with Gasteiger partial charge in [0.25, 0.3) is 0 Å². The van der Waals surface area contributed by atoms with Gasteiger partial charge in [-0.3, -0.25) is 4.72 Å². The van der Waals surface area contributed by atoms with Crippen LogP contribution in [0.2, 0.25) is 5.02 Å². The van der Waals surface area contributed by atoms with Crippen molar-refractivity contribution in [3.05, 3.63) is 29.0 Å². The zero-order valence-electron chi connectivity index (χ0n) is 10.9. The predicted molar refractivity (Wildman–Crippen MR) is 76.6 cm³/mol. The molecule has 0 amide bonds. The molecule has 2 N–H and O–H groups in total. The van der Waals surface area contributed by atoms with Crippen molar-refractivity contribution in [1.29, 1.82) is 0 Å². The summed E-state index contributed by atoms with van der Waals surface area (Å²) in [4.78, 5) is 0. The maximum atomic E-state index is 13.6. The molecule has 0 aliphatic carbocycles. The van der Waals surface area contributed by atoms with Gasteiger partial charge < -0.3 is 5.32 Å². The van der Waals surface area contributed by atoms with Crippen molar-refractivity contribution in [3.8, 4) is 0 Å². The molecule has 0 spiro atoms. The van der Waals surface area contributed by atoms with Gasteiger partial charge in [0, 0.05) is 6.54 Å². The van der Waals surface area contributed by atoms with E-state index in [4.69, 9.17) is 11.6 Å². The molecular weight excluding hydrogens is 291 g/mol. The van der Waals surface area contributed by atoms with Gasteiger partial charge in [0.15, 0.2) is 5.82 Å². The minimum atomic E-state index is -3.64. The Balaban J connectivity index is 2.76. The molecule has 0 saturated heterocycles. The summed E-state index contributed by atoms with van der Waals surface area (Å²) in [7, 11) is -3.64. The van der Waals surface area contributed by atoms with E-state index in [0.29, 0.717) is 6.54 Å². The number of benzene rings is 1. The first-order valence-electron chi connectivity index (χ1n) is 6.04. The highest BCUT2D eigenvalue weighted by Gasteiger charge is 2.22. The number of anilines is 1. The Labute approximate surface area is 118 Å². The third kappa shape index (κ3) is 4.63. The van der Waals surface area contributed by atoms with Gasteiger partial charge in [-0.25, -0.2) is 12.8 Å². The summed E-state index contributed by atoms with van der Waals surface area (Å²) >= 11 is 5.60. The topological polar surface area (TPSA) is 58.2 Å². The molecule has 0 aliphatic heterocycles. The maximum Gasteiger partial charge on any atom is 0.236 e. The van der Waals surface area contributed by atoms with E-state index in [0.717, 1.165) is 13.0 Å². The molecule has 1 unspecified atom stereocenters. The monoisotopic (exact) mass is 308 g/mol. The molecule has 0 heterocycles. The van der Waals surface area contributed by atoms with Crippen molar-refractivity contribution in [2.45, 2.75) is 25.5 Å². The smallest absolute Gasteiger partial charge is 0.236 e. The highest BCUT2D eigenvalue weighted by molar-refractivity contribution is 7.93. The maximum absolute atomic E-state index is 13.6. The average Bonchev–Trinajstić information content (AvgIpc) is 2.35. The largest absolute Gasteiger partial charge is 0.315 e. The second-order valence-electron chi connectivity index (χ2n) is 4.26. The minimum Gasteiger partial charge on any atom is -0.315 e. The second-order valence-corrected chi connectivity index (χ2v) is 6.77. The lowest BCUT2D eigenvalue weighted by atomic mass is 10.3. The van der Waals surface area contributed by atoms with Crippen molar-refractivity contribution >= 4 is 27.3 Å². The Morgan fingerprint density at radius 3 is 2.74 bits per heavy atom. The molecule has 0 aromatic heterocycles. The standard InChI is InChI=1S/C12H18ClFN2O2S/c1-3-7-15-8-9(2)19(17,18)16-11-6-4-5-10(13)12(11)14/h4-6,9,15-16H,3,7-8H2,1-2H3. The summed E-state index contributed by atoms with van der Waals surface area (Å²) in [6.07, 6.45) is 0.920. The summed E-state index contributed by atoms with van der Waals surface area (Å²) in [5.74, 6) is -0.763. The van der Waals surface area contributed by atoms with Gasteiger partial charge in [0.1, 0.15) is 0 Å². The Morgan fingerprint density at radius 1 is 1.42 bits per heavy atom. The van der Waals surface area contributed by atoms with Gasteiger partial charge in [0.05, 0.1) is 16.0 Å². The lowest BCUT2D eigenvalue weighted by Crippen LogP contribution is -2.35. The van der Waals surface area contributed by atoms with Crippen LogP contribution in [0.1, 0.15) is 20.3 Å². The van der Waals surface area contributed by atoms with Gasteiger partial charge in [-0.1, -0.05) is 24.6 Å².